The van der Waals surface area contributed by atoms with Crippen molar-refractivity contribution in [3.8, 4) is 6.07 Å². The van der Waals surface area contributed by atoms with Gasteiger partial charge in [-0.1, -0.05) is 30.3 Å². The van der Waals surface area contributed by atoms with Crippen molar-refractivity contribution in [2.75, 3.05) is 6.54 Å². The van der Waals surface area contributed by atoms with Crippen LogP contribution in [0, 0.1) is 29.1 Å². The van der Waals surface area contributed by atoms with E-state index in [1.807, 2.05) is 35.2 Å². The van der Waals surface area contributed by atoms with E-state index in [1.165, 1.54) is 19.3 Å². The Bertz CT molecular complexity index is 629. The first-order valence-corrected chi connectivity index (χ1v) is 9.54. The molecule has 25 heavy (non-hydrogen) atoms. The molecular weight excluding hydrogens is 312 g/mol. The van der Waals surface area contributed by atoms with Crippen LogP contribution in [0.1, 0.15) is 50.5 Å². The molecule has 4 nitrogen and oxygen atoms in total. The maximum atomic E-state index is 12.9. The summed E-state index contributed by atoms with van der Waals surface area (Å²) in [5.74, 6) is 2.29. The molecule has 0 unspecified atom stereocenters. The van der Waals surface area contributed by atoms with Crippen molar-refractivity contribution in [1.29, 1.82) is 5.26 Å². The van der Waals surface area contributed by atoms with E-state index in [9.17, 15) is 4.79 Å². The predicted molar refractivity (Wildman–Crippen MR) is 94.5 cm³/mol. The number of nitrogens with zero attached hydrogens (tertiary/aromatic N) is 2. The zero-order valence-electron chi connectivity index (χ0n) is 14.7. The zero-order valence-corrected chi connectivity index (χ0v) is 14.7. The van der Waals surface area contributed by atoms with Gasteiger partial charge in [0, 0.05) is 12.1 Å². The summed E-state index contributed by atoms with van der Waals surface area (Å²) in [7, 11) is 0. The first kappa shape index (κ1) is 16.4. The summed E-state index contributed by atoms with van der Waals surface area (Å²) in [6, 6.07) is 12.0. The second kappa shape index (κ2) is 6.71. The minimum atomic E-state index is -0.235. The quantitative estimate of drug-likeness (QED) is 0.794. The van der Waals surface area contributed by atoms with E-state index in [2.05, 4.69) is 6.07 Å². The lowest BCUT2D eigenvalue weighted by Crippen LogP contribution is -2.61. The Hall–Kier alpha value is -2.02. The van der Waals surface area contributed by atoms with Crippen LogP contribution in [-0.4, -0.2) is 23.1 Å². The Kier molecular flexibility index (Phi) is 4.41. The number of hydrogen-bond donors (Lipinski definition) is 0. The predicted octanol–water partition coefficient (Wildman–Crippen LogP) is 4.51. The van der Waals surface area contributed by atoms with Gasteiger partial charge in [-0.05, 0) is 61.8 Å². The highest BCUT2D eigenvalue weighted by Gasteiger charge is 2.54. The topological polar surface area (TPSA) is 53.3 Å². The van der Waals surface area contributed by atoms with Crippen LogP contribution in [0.3, 0.4) is 0 Å². The molecule has 0 heterocycles. The molecule has 0 radical (unpaired) electrons. The van der Waals surface area contributed by atoms with E-state index in [1.54, 1.807) is 0 Å². The molecule has 4 aliphatic rings. The van der Waals surface area contributed by atoms with E-state index in [4.69, 9.17) is 10.00 Å². The van der Waals surface area contributed by atoms with Gasteiger partial charge >= 0.3 is 6.09 Å². The molecule has 132 valence electrons. The van der Waals surface area contributed by atoms with Crippen molar-refractivity contribution in [2.24, 2.45) is 17.8 Å². The highest BCUT2D eigenvalue weighted by atomic mass is 16.6. The van der Waals surface area contributed by atoms with E-state index in [-0.39, 0.29) is 11.6 Å². The van der Waals surface area contributed by atoms with Gasteiger partial charge < -0.3 is 9.64 Å². The van der Waals surface area contributed by atoms with Crippen LogP contribution in [-0.2, 0) is 11.3 Å². The molecule has 0 spiro atoms. The normalized spacial score (nSPS) is 32.2. The van der Waals surface area contributed by atoms with Crippen molar-refractivity contribution in [1.82, 2.24) is 4.90 Å². The molecule has 4 fully saturated rings. The largest absolute Gasteiger partial charge is 0.445 e. The molecule has 0 aromatic heterocycles. The van der Waals surface area contributed by atoms with Crippen molar-refractivity contribution < 1.29 is 9.53 Å². The summed E-state index contributed by atoms with van der Waals surface area (Å²) in [5, 5.41) is 9.06. The van der Waals surface area contributed by atoms with Crippen LogP contribution in [0.25, 0.3) is 0 Å². The summed E-state index contributed by atoms with van der Waals surface area (Å²) in [6.45, 7) is 0.797. The minimum Gasteiger partial charge on any atom is -0.445 e. The molecule has 4 saturated carbocycles. The van der Waals surface area contributed by atoms with Crippen LogP contribution < -0.4 is 0 Å². The Morgan fingerprint density at radius 3 is 2.28 bits per heavy atom. The summed E-state index contributed by atoms with van der Waals surface area (Å²) in [6.07, 6.45) is 7.46. The smallest absolute Gasteiger partial charge is 0.410 e. The van der Waals surface area contributed by atoms with E-state index < -0.39 is 0 Å². The molecular formula is C21H26N2O2. The molecule has 1 aromatic carbocycles. The SMILES string of the molecule is N#CCCN(C(=O)OCc1ccccc1)C12CC3CC(CC(C3)C1)C2. The van der Waals surface area contributed by atoms with Gasteiger partial charge in [0.2, 0.25) is 0 Å². The van der Waals surface area contributed by atoms with Crippen LogP contribution >= 0.6 is 0 Å². The van der Waals surface area contributed by atoms with E-state index in [0.717, 1.165) is 42.6 Å². The fourth-order valence-corrected chi connectivity index (χ4v) is 5.88. The van der Waals surface area contributed by atoms with E-state index >= 15 is 0 Å². The first-order chi connectivity index (χ1) is 12.2. The summed E-state index contributed by atoms with van der Waals surface area (Å²) in [4.78, 5) is 14.9. The number of ether oxygens (including phenoxy) is 1. The second-order valence-electron chi connectivity index (χ2n) is 8.24. The standard InChI is InChI=1S/C21H26N2O2/c22-7-4-8-23(20(24)25-15-16-5-2-1-3-6-16)21-12-17-9-18(13-21)11-19(10-17)14-21/h1-3,5-6,17-19H,4,8-15H2. The lowest BCUT2D eigenvalue weighted by molar-refractivity contribution is -0.0815. The third-order valence-corrected chi connectivity index (χ3v) is 6.45. The number of carbonyl (C=O) groups is 1. The number of amides is 1. The van der Waals surface area contributed by atoms with Crippen molar-refractivity contribution in [3.05, 3.63) is 35.9 Å². The summed E-state index contributed by atoms with van der Waals surface area (Å²) >= 11 is 0. The third-order valence-electron chi connectivity index (χ3n) is 6.45. The van der Waals surface area contributed by atoms with Crippen LogP contribution in [0.2, 0.25) is 0 Å². The molecule has 1 amide bonds. The van der Waals surface area contributed by atoms with Gasteiger partial charge in [-0.25, -0.2) is 4.79 Å². The van der Waals surface area contributed by atoms with Crippen LogP contribution in [0.4, 0.5) is 4.79 Å². The molecule has 0 aliphatic heterocycles. The highest BCUT2D eigenvalue weighted by molar-refractivity contribution is 5.69. The number of benzene rings is 1. The highest BCUT2D eigenvalue weighted by Crippen LogP contribution is 2.57. The average Bonchev–Trinajstić information content (AvgIpc) is 2.60. The fraction of sp³-hybridized carbons (Fsp3) is 0.619. The van der Waals surface area contributed by atoms with Gasteiger partial charge in [-0.3, -0.25) is 0 Å². The molecule has 4 bridgehead atoms. The second-order valence-corrected chi connectivity index (χ2v) is 8.24. The van der Waals surface area contributed by atoms with Gasteiger partial charge in [-0.2, -0.15) is 5.26 Å². The number of nitriles is 1. The maximum absolute atomic E-state index is 12.9. The van der Waals surface area contributed by atoms with E-state index in [0.29, 0.717) is 19.6 Å². The van der Waals surface area contributed by atoms with Gasteiger partial charge in [0.1, 0.15) is 6.61 Å². The van der Waals surface area contributed by atoms with Crippen LogP contribution in [0.15, 0.2) is 30.3 Å². The molecule has 0 saturated heterocycles. The Labute approximate surface area is 149 Å². The first-order valence-electron chi connectivity index (χ1n) is 9.54. The number of hydrogen-bond acceptors (Lipinski definition) is 3. The fourth-order valence-electron chi connectivity index (χ4n) is 5.88. The summed E-state index contributed by atoms with van der Waals surface area (Å²) < 4.78 is 5.65. The van der Waals surface area contributed by atoms with Crippen molar-refractivity contribution in [3.63, 3.8) is 0 Å². The third kappa shape index (κ3) is 3.25. The Balaban J connectivity index is 1.50. The summed E-state index contributed by atoms with van der Waals surface area (Å²) in [5.41, 5.74) is 0.945. The molecule has 0 atom stereocenters. The lowest BCUT2D eigenvalue weighted by atomic mass is 9.52. The van der Waals surface area contributed by atoms with Crippen LogP contribution in [0.5, 0.6) is 0 Å². The Morgan fingerprint density at radius 1 is 1.12 bits per heavy atom. The zero-order chi connectivity index (χ0) is 17.3. The lowest BCUT2D eigenvalue weighted by Gasteiger charge is -2.60. The van der Waals surface area contributed by atoms with Gasteiger partial charge in [-0.15, -0.1) is 0 Å². The molecule has 0 N–H and O–H groups in total. The average molecular weight is 338 g/mol. The van der Waals surface area contributed by atoms with Gasteiger partial charge in [0.05, 0.1) is 12.5 Å². The molecule has 5 rings (SSSR count). The maximum Gasteiger partial charge on any atom is 0.410 e. The monoisotopic (exact) mass is 338 g/mol. The van der Waals surface area contributed by atoms with Crippen molar-refractivity contribution in [2.45, 2.75) is 57.1 Å². The molecule has 1 aromatic rings. The molecule has 4 heteroatoms. The Morgan fingerprint density at radius 2 is 1.72 bits per heavy atom. The van der Waals surface area contributed by atoms with Gasteiger partial charge in [0.25, 0.3) is 0 Å². The minimum absolute atomic E-state index is 0.0562. The van der Waals surface area contributed by atoms with Gasteiger partial charge in [0.15, 0.2) is 0 Å². The number of carbonyl (C=O) groups excluding carboxylic acids is 1. The number of rotatable bonds is 5. The van der Waals surface area contributed by atoms with Crippen molar-refractivity contribution >= 4 is 6.09 Å². The molecule has 4 aliphatic carbocycles.